The van der Waals surface area contributed by atoms with Crippen LogP contribution < -0.4 is 5.32 Å². The summed E-state index contributed by atoms with van der Waals surface area (Å²) in [6.45, 7) is 0.225. The lowest BCUT2D eigenvalue weighted by Gasteiger charge is -2.07. The molecule has 0 aliphatic heterocycles. The fourth-order valence-electron chi connectivity index (χ4n) is 2.27. The number of rotatable bonds is 5. The first-order chi connectivity index (χ1) is 11.7. The van der Waals surface area contributed by atoms with Gasteiger partial charge < -0.3 is 10.4 Å². The van der Waals surface area contributed by atoms with E-state index in [-0.39, 0.29) is 18.2 Å². The fourth-order valence-corrected chi connectivity index (χ4v) is 2.50. The van der Waals surface area contributed by atoms with Crippen molar-refractivity contribution in [1.29, 1.82) is 0 Å². The minimum atomic E-state index is -0.346. The third kappa shape index (κ3) is 3.45. The predicted octanol–water partition coefficient (Wildman–Crippen LogP) is 2.34. The van der Waals surface area contributed by atoms with Gasteiger partial charge in [-0.3, -0.25) is 4.79 Å². The number of aromatic nitrogens is 3. The van der Waals surface area contributed by atoms with Gasteiger partial charge in [0.1, 0.15) is 0 Å². The minimum Gasteiger partial charge on any atom is -0.392 e. The molecule has 24 heavy (non-hydrogen) atoms. The minimum absolute atomic E-state index is 0.0747. The van der Waals surface area contributed by atoms with E-state index in [1.807, 2.05) is 36.4 Å². The molecule has 2 N–H and O–H groups in total. The van der Waals surface area contributed by atoms with Crippen LogP contribution in [-0.2, 0) is 13.2 Å². The van der Waals surface area contributed by atoms with Crippen LogP contribution in [0.25, 0.3) is 5.69 Å². The smallest absolute Gasteiger partial charge is 0.273 e. The lowest BCUT2D eigenvalue weighted by molar-refractivity contribution is 0.0945. The highest BCUT2D eigenvalue weighted by Crippen LogP contribution is 2.18. The molecule has 0 atom stereocenters. The molecular formula is C17H15ClN4O2. The van der Waals surface area contributed by atoms with Crippen molar-refractivity contribution in [2.75, 3.05) is 0 Å². The van der Waals surface area contributed by atoms with Crippen LogP contribution in [0.5, 0.6) is 0 Å². The van der Waals surface area contributed by atoms with Crippen molar-refractivity contribution in [3.05, 3.63) is 76.6 Å². The molecule has 0 unspecified atom stereocenters. The first-order valence-corrected chi connectivity index (χ1v) is 7.70. The summed E-state index contributed by atoms with van der Waals surface area (Å²) in [6.07, 6.45) is 1.52. The fraction of sp³-hybridized carbons (Fsp3) is 0.118. The number of aliphatic hydroxyl groups is 1. The maximum atomic E-state index is 12.2. The number of para-hydroxylation sites is 1. The second kappa shape index (κ2) is 7.25. The summed E-state index contributed by atoms with van der Waals surface area (Å²) in [7, 11) is 0. The number of carbonyl (C=O) groups is 1. The summed E-state index contributed by atoms with van der Waals surface area (Å²) in [4.78, 5) is 12.2. The Kier molecular flexibility index (Phi) is 4.88. The average Bonchev–Trinajstić information content (AvgIpc) is 3.10. The Morgan fingerprint density at radius 3 is 2.58 bits per heavy atom. The third-order valence-electron chi connectivity index (χ3n) is 3.55. The SMILES string of the molecule is O=C(NCc1ccccc1CO)c1cn(-c2ccccc2Cl)nn1. The zero-order valence-corrected chi connectivity index (χ0v) is 13.4. The van der Waals surface area contributed by atoms with Crippen LogP contribution in [0.2, 0.25) is 5.02 Å². The molecule has 1 heterocycles. The summed E-state index contributed by atoms with van der Waals surface area (Å²) in [5.41, 5.74) is 2.47. The van der Waals surface area contributed by atoms with E-state index >= 15 is 0 Å². The van der Waals surface area contributed by atoms with Crippen LogP contribution >= 0.6 is 11.6 Å². The highest BCUT2D eigenvalue weighted by atomic mass is 35.5. The molecule has 3 rings (SSSR count). The van der Waals surface area contributed by atoms with Crippen LogP contribution in [0.3, 0.4) is 0 Å². The Labute approximate surface area is 143 Å². The van der Waals surface area contributed by atoms with Gasteiger partial charge in [0, 0.05) is 6.54 Å². The summed E-state index contributed by atoms with van der Waals surface area (Å²) in [5.74, 6) is -0.346. The van der Waals surface area contributed by atoms with E-state index in [9.17, 15) is 9.90 Å². The summed E-state index contributed by atoms with van der Waals surface area (Å²) in [6, 6.07) is 14.5. The topological polar surface area (TPSA) is 80.0 Å². The number of aliphatic hydroxyl groups excluding tert-OH is 1. The van der Waals surface area contributed by atoms with Crippen LogP contribution in [-0.4, -0.2) is 26.0 Å². The van der Waals surface area contributed by atoms with Crippen molar-refractivity contribution in [2.24, 2.45) is 0 Å². The van der Waals surface area contributed by atoms with E-state index in [0.717, 1.165) is 11.1 Å². The molecule has 0 aliphatic carbocycles. The lowest BCUT2D eigenvalue weighted by atomic mass is 10.1. The van der Waals surface area contributed by atoms with Gasteiger partial charge in [0.15, 0.2) is 5.69 Å². The normalized spacial score (nSPS) is 10.6. The molecule has 0 spiro atoms. The molecule has 0 fully saturated rings. The molecule has 0 radical (unpaired) electrons. The van der Waals surface area contributed by atoms with Gasteiger partial charge in [-0.05, 0) is 23.3 Å². The standard InChI is InChI=1S/C17H15ClN4O2/c18-14-7-3-4-8-16(14)22-10-15(20-21-22)17(24)19-9-12-5-1-2-6-13(12)11-23/h1-8,10,23H,9,11H2,(H,19,24). The first-order valence-electron chi connectivity index (χ1n) is 7.32. The summed E-state index contributed by atoms with van der Waals surface area (Å²) < 4.78 is 1.46. The van der Waals surface area contributed by atoms with Crippen molar-refractivity contribution in [1.82, 2.24) is 20.3 Å². The maximum absolute atomic E-state index is 12.2. The van der Waals surface area contributed by atoms with E-state index in [0.29, 0.717) is 17.3 Å². The third-order valence-corrected chi connectivity index (χ3v) is 3.87. The second-order valence-corrected chi connectivity index (χ2v) is 5.52. The van der Waals surface area contributed by atoms with Crippen LogP contribution in [0, 0.1) is 0 Å². The number of hydrogen-bond acceptors (Lipinski definition) is 4. The average molecular weight is 343 g/mol. The van der Waals surface area contributed by atoms with E-state index in [1.54, 1.807) is 12.1 Å². The van der Waals surface area contributed by atoms with Gasteiger partial charge in [-0.25, -0.2) is 4.68 Å². The lowest BCUT2D eigenvalue weighted by Crippen LogP contribution is -2.23. The molecule has 122 valence electrons. The molecule has 6 nitrogen and oxygen atoms in total. The maximum Gasteiger partial charge on any atom is 0.273 e. The highest BCUT2D eigenvalue weighted by Gasteiger charge is 2.13. The van der Waals surface area contributed by atoms with Crippen LogP contribution in [0.1, 0.15) is 21.6 Å². The molecule has 0 bridgehead atoms. The Morgan fingerprint density at radius 2 is 1.83 bits per heavy atom. The van der Waals surface area contributed by atoms with Gasteiger partial charge in [0.05, 0.1) is 23.5 Å². The second-order valence-electron chi connectivity index (χ2n) is 5.11. The Balaban J connectivity index is 1.71. The first kappa shape index (κ1) is 16.2. The van der Waals surface area contributed by atoms with Crippen molar-refractivity contribution in [2.45, 2.75) is 13.2 Å². The highest BCUT2D eigenvalue weighted by molar-refractivity contribution is 6.32. The number of benzene rings is 2. The van der Waals surface area contributed by atoms with Crippen molar-refractivity contribution in [3.63, 3.8) is 0 Å². The van der Waals surface area contributed by atoms with Gasteiger partial charge in [-0.1, -0.05) is 53.2 Å². The van der Waals surface area contributed by atoms with Gasteiger partial charge in [0.2, 0.25) is 0 Å². The van der Waals surface area contributed by atoms with Gasteiger partial charge in [-0.15, -0.1) is 5.10 Å². The zero-order valence-electron chi connectivity index (χ0n) is 12.7. The van der Waals surface area contributed by atoms with Gasteiger partial charge >= 0.3 is 0 Å². The molecular weight excluding hydrogens is 328 g/mol. The predicted molar refractivity (Wildman–Crippen MR) is 89.9 cm³/mol. The van der Waals surface area contributed by atoms with E-state index in [1.165, 1.54) is 10.9 Å². The molecule has 0 saturated heterocycles. The summed E-state index contributed by atoms with van der Waals surface area (Å²) in [5, 5.41) is 20.4. The monoisotopic (exact) mass is 342 g/mol. The largest absolute Gasteiger partial charge is 0.392 e. The van der Waals surface area contributed by atoms with Gasteiger partial charge in [0.25, 0.3) is 5.91 Å². The molecule has 0 aliphatic rings. The zero-order chi connectivity index (χ0) is 16.9. The van der Waals surface area contributed by atoms with Crippen LogP contribution in [0.15, 0.2) is 54.7 Å². The number of amides is 1. The molecule has 1 aromatic heterocycles. The summed E-state index contributed by atoms with van der Waals surface area (Å²) >= 11 is 6.11. The molecule has 3 aromatic rings. The van der Waals surface area contributed by atoms with Crippen molar-refractivity contribution < 1.29 is 9.90 Å². The molecule has 7 heteroatoms. The quantitative estimate of drug-likeness (QED) is 0.746. The van der Waals surface area contributed by atoms with Crippen molar-refractivity contribution in [3.8, 4) is 5.69 Å². The van der Waals surface area contributed by atoms with Crippen LogP contribution in [0.4, 0.5) is 0 Å². The number of nitrogens with zero attached hydrogens (tertiary/aromatic N) is 3. The Bertz CT molecular complexity index is 863. The number of hydrogen-bond donors (Lipinski definition) is 2. The van der Waals surface area contributed by atoms with Gasteiger partial charge in [-0.2, -0.15) is 0 Å². The number of carbonyl (C=O) groups excluding carboxylic acids is 1. The number of nitrogens with one attached hydrogen (secondary N) is 1. The molecule has 1 amide bonds. The molecule has 0 saturated carbocycles. The van der Waals surface area contributed by atoms with E-state index < -0.39 is 0 Å². The number of halogens is 1. The molecule has 2 aromatic carbocycles. The Morgan fingerprint density at radius 1 is 1.12 bits per heavy atom. The van der Waals surface area contributed by atoms with E-state index in [4.69, 9.17) is 11.6 Å². The van der Waals surface area contributed by atoms with Crippen molar-refractivity contribution >= 4 is 17.5 Å². The van der Waals surface area contributed by atoms with E-state index in [2.05, 4.69) is 15.6 Å². The Hall–Kier alpha value is -2.70.